The van der Waals surface area contributed by atoms with Crippen LogP contribution in [0.5, 0.6) is 0 Å². The quantitative estimate of drug-likeness (QED) is 0.837. The lowest BCUT2D eigenvalue weighted by molar-refractivity contribution is 0.399. The van der Waals surface area contributed by atoms with Gasteiger partial charge >= 0.3 is 0 Å². The van der Waals surface area contributed by atoms with Crippen LogP contribution in [-0.4, -0.2) is 12.6 Å². The molecular weight excluding hydrogens is 218 g/mol. The average Bonchev–Trinajstić information content (AvgIpc) is 2.28. The highest BCUT2D eigenvalue weighted by Crippen LogP contribution is 2.18. The summed E-state index contributed by atoms with van der Waals surface area (Å²) in [5, 5.41) is 3.62. The van der Waals surface area contributed by atoms with Crippen molar-refractivity contribution in [2.24, 2.45) is 0 Å². The highest BCUT2D eigenvalue weighted by Gasteiger charge is 2.12. The van der Waals surface area contributed by atoms with Gasteiger partial charge in [0.2, 0.25) is 0 Å². The number of piperidine rings is 1. The van der Waals surface area contributed by atoms with Crippen LogP contribution in [0.2, 0.25) is 0 Å². The molecule has 1 N–H and O–H groups in total. The molecule has 1 aliphatic rings. The molecule has 1 aromatic carbocycles. The summed E-state index contributed by atoms with van der Waals surface area (Å²) in [6, 6.07) is 7.46. The number of benzene rings is 1. The van der Waals surface area contributed by atoms with Gasteiger partial charge in [0.15, 0.2) is 0 Å². The van der Waals surface area contributed by atoms with Crippen LogP contribution in [0.3, 0.4) is 0 Å². The van der Waals surface area contributed by atoms with Gasteiger partial charge in [0, 0.05) is 6.04 Å². The fourth-order valence-corrected chi connectivity index (χ4v) is 2.92. The minimum atomic E-state index is 0.695. The molecule has 18 heavy (non-hydrogen) atoms. The highest BCUT2D eigenvalue weighted by atomic mass is 14.9. The Balaban J connectivity index is 2.02. The van der Waals surface area contributed by atoms with Gasteiger partial charge < -0.3 is 5.32 Å². The summed E-state index contributed by atoms with van der Waals surface area (Å²) in [6.07, 6.45) is 7.59. The van der Waals surface area contributed by atoms with Gasteiger partial charge in [-0.25, -0.2) is 0 Å². The lowest BCUT2D eigenvalue weighted by atomic mass is 9.97. The van der Waals surface area contributed by atoms with Crippen molar-refractivity contribution in [2.75, 3.05) is 6.54 Å². The molecule has 0 radical (unpaired) electrons. The molecule has 1 atom stereocenters. The number of rotatable bonds is 3. The smallest absolute Gasteiger partial charge is 0.0104 e. The Morgan fingerprint density at radius 3 is 2.56 bits per heavy atom. The van der Waals surface area contributed by atoms with Crippen LogP contribution in [0.25, 0.3) is 6.08 Å². The van der Waals surface area contributed by atoms with E-state index in [1.54, 1.807) is 0 Å². The van der Waals surface area contributed by atoms with Crippen molar-refractivity contribution in [2.45, 2.75) is 52.5 Å². The third kappa shape index (κ3) is 3.99. The Morgan fingerprint density at radius 1 is 1.22 bits per heavy atom. The molecule has 0 amide bonds. The van der Waals surface area contributed by atoms with Crippen LogP contribution >= 0.6 is 0 Å². The Hall–Kier alpha value is -1.08. The molecule has 1 fully saturated rings. The van der Waals surface area contributed by atoms with E-state index >= 15 is 0 Å². The van der Waals surface area contributed by atoms with Crippen molar-refractivity contribution >= 4 is 6.08 Å². The maximum Gasteiger partial charge on any atom is 0.0104 e. The topological polar surface area (TPSA) is 12.0 Å². The van der Waals surface area contributed by atoms with E-state index < -0.39 is 0 Å². The van der Waals surface area contributed by atoms with Gasteiger partial charge in [-0.1, -0.05) is 47.4 Å². The zero-order chi connectivity index (χ0) is 13.0. The maximum absolute atomic E-state index is 3.62. The third-order valence-corrected chi connectivity index (χ3v) is 3.64. The number of hydrogen-bond acceptors (Lipinski definition) is 1. The zero-order valence-electron chi connectivity index (χ0n) is 11.9. The molecule has 2 rings (SSSR count). The number of hydrogen-bond donors (Lipinski definition) is 1. The molecule has 1 aliphatic heterocycles. The van der Waals surface area contributed by atoms with Gasteiger partial charge in [-0.2, -0.15) is 0 Å². The van der Waals surface area contributed by atoms with E-state index in [0.717, 1.165) is 0 Å². The molecule has 0 aromatic heterocycles. The molecule has 1 aromatic rings. The summed E-state index contributed by atoms with van der Waals surface area (Å²) in [6.45, 7) is 7.79. The van der Waals surface area contributed by atoms with Gasteiger partial charge in [-0.05, 0) is 52.1 Å². The predicted octanol–water partition coefficient (Wildman–Crippen LogP) is 4.24. The van der Waals surface area contributed by atoms with E-state index in [2.05, 4.69) is 50.4 Å². The summed E-state index contributed by atoms with van der Waals surface area (Å²) in [5.74, 6) is 0. The van der Waals surface area contributed by atoms with Crippen molar-refractivity contribution in [1.29, 1.82) is 0 Å². The van der Waals surface area contributed by atoms with E-state index in [4.69, 9.17) is 0 Å². The minimum absolute atomic E-state index is 0.695. The Labute approximate surface area is 111 Å². The van der Waals surface area contributed by atoms with E-state index in [9.17, 15) is 0 Å². The van der Waals surface area contributed by atoms with E-state index in [-0.39, 0.29) is 0 Å². The molecule has 1 nitrogen and oxygen atoms in total. The van der Waals surface area contributed by atoms with Crippen LogP contribution < -0.4 is 5.32 Å². The standard InChI is InChI=1S/C17H25N/c1-13-8-14(2)10-16(9-13)11-15(3)12-17-6-4-5-7-18-17/h8-11,17-18H,4-7,12H2,1-3H3/b15-11-. The summed E-state index contributed by atoms with van der Waals surface area (Å²) < 4.78 is 0. The second kappa shape index (κ2) is 6.19. The first-order valence-corrected chi connectivity index (χ1v) is 7.12. The first-order chi connectivity index (χ1) is 8.63. The number of nitrogens with one attached hydrogen (secondary N) is 1. The van der Waals surface area contributed by atoms with Gasteiger partial charge in [-0.15, -0.1) is 0 Å². The molecule has 0 aliphatic carbocycles. The second-order valence-electron chi connectivity index (χ2n) is 5.76. The SMILES string of the molecule is C/C(=C/c1cc(C)cc(C)c1)CC1CCCCN1. The number of aryl methyl sites for hydroxylation is 2. The highest BCUT2D eigenvalue weighted by molar-refractivity contribution is 5.54. The van der Waals surface area contributed by atoms with Crippen molar-refractivity contribution in [3.8, 4) is 0 Å². The second-order valence-corrected chi connectivity index (χ2v) is 5.76. The Kier molecular flexibility index (Phi) is 4.60. The van der Waals surface area contributed by atoms with Crippen molar-refractivity contribution in [3.05, 3.63) is 40.5 Å². The normalized spacial score (nSPS) is 21.1. The van der Waals surface area contributed by atoms with Gasteiger partial charge in [-0.3, -0.25) is 0 Å². The van der Waals surface area contributed by atoms with Crippen molar-refractivity contribution in [1.82, 2.24) is 5.32 Å². The molecule has 98 valence electrons. The van der Waals surface area contributed by atoms with E-state index in [0.29, 0.717) is 6.04 Å². The summed E-state index contributed by atoms with van der Waals surface area (Å²) in [5.41, 5.74) is 5.54. The van der Waals surface area contributed by atoms with Gasteiger partial charge in [0.05, 0.1) is 0 Å². The van der Waals surface area contributed by atoms with Gasteiger partial charge in [0.1, 0.15) is 0 Å². The molecule has 0 spiro atoms. The van der Waals surface area contributed by atoms with Crippen LogP contribution in [0.1, 0.15) is 49.3 Å². The van der Waals surface area contributed by atoms with Crippen LogP contribution in [0, 0.1) is 13.8 Å². The minimum Gasteiger partial charge on any atom is -0.314 e. The van der Waals surface area contributed by atoms with E-state index in [1.807, 2.05) is 0 Å². The molecule has 1 heterocycles. The molecule has 1 heteroatoms. The summed E-state index contributed by atoms with van der Waals surface area (Å²) in [4.78, 5) is 0. The Morgan fingerprint density at radius 2 is 1.94 bits per heavy atom. The van der Waals surface area contributed by atoms with Crippen LogP contribution in [0.15, 0.2) is 23.8 Å². The lowest BCUT2D eigenvalue weighted by Gasteiger charge is -2.23. The van der Waals surface area contributed by atoms with Crippen molar-refractivity contribution < 1.29 is 0 Å². The molecule has 0 saturated carbocycles. The van der Waals surface area contributed by atoms with Crippen LogP contribution in [0.4, 0.5) is 0 Å². The molecular formula is C17H25N. The van der Waals surface area contributed by atoms with Gasteiger partial charge in [0.25, 0.3) is 0 Å². The predicted molar refractivity (Wildman–Crippen MR) is 79.8 cm³/mol. The largest absolute Gasteiger partial charge is 0.314 e. The third-order valence-electron chi connectivity index (χ3n) is 3.64. The Bertz CT molecular complexity index is 405. The maximum atomic E-state index is 3.62. The fraction of sp³-hybridized carbons (Fsp3) is 0.529. The van der Waals surface area contributed by atoms with E-state index in [1.165, 1.54) is 54.5 Å². The monoisotopic (exact) mass is 243 g/mol. The average molecular weight is 243 g/mol. The summed E-state index contributed by atoms with van der Waals surface area (Å²) in [7, 11) is 0. The van der Waals surface area contributed by atoms with Crippen molar-refractivity contribution in [3.63, 3.8) is 0 Å². The molecule has 0 bridgehead atoms. The zero-order valence-corrected chi connectivity index (χ0v) is 11.9. The molecule has 1 unspecified atom stereocenters. The fourth-order valence-electron chi connectivity index (χ4n) is 2.92. The lowest BCUT2D eigenvalue weighted by Crippen LogP contribution is -2.33. The summed E-state index contributed by atoms with van der Waals surface area (Å²) >= 11 is 0. The first kappa shape index (κ1) is 13.4. The van der Waals surface area contributed by atoms with Crippen LogP contribution in [-0.2, 0) is 0 Å². The molecule has 1 saturated heterocycles. The first-order valence-electron chi connectivity index (χ1n) is 7.12.